The van der Waals surface area contributed by atoms with Crippen molar-refractivity contribution in [2.75, 3.05) is 39.3 Å². The molecule has 1 aromatic rings. The molecule has 2 N–H and O–H groups in total. The quantitative estimate of drug-likeness (QED) is 0.270. The monoisotopic (exact) mass is 543 g/mol. The molecule has 31 heavy (non-hydrogen) atoms. The van der Waals surface area contributed by atoms with Gasteiger partial charge in [0.15, 0.2) is 5.96 Å². The third kappa shape index (κ3) is 8.96. The van der Waals surface area contributed by atoms with Gasteiger partial charge in [-0.1, -0.05) is 58.0 Å². The third-order valence-corrected chi connectivity index (χ3v) is 5.78. The Balaban J connectivity index is 0.00000480. The van der Waals surface area contributed by atoms with Crippen LogP contribution in [0.4, 0.5) is 0 Å². The lowest BCUT2D eigenvalue weighted by Gasteiger charge is -2.29. The number of amides is 1. The van der Waals surface area contributed by atoms with E-state index in [0.29, 0.717) is 6.04 Å². The van der Waals surface area contributed by atoms with E-state index in [0.717, 1.165) is 58.1 Å². The summed E-state index contributed by atoms with van der Waals surface area (Å²) in [6.07, 6.45) is 1.96. The average Bonchev–Trinajstić information content (AvgIpc) is 3.21. The molecule has 2 atom stereocenters. The second-order valence-electron chi connectivity index (χ2n) is 8.35. The molecule has 2 rings (SSSR count). The standard InChI is InChI=1S/C24H41N5O.HI/c1-6-25-24(27-21-14-15-29(18-21)23(30)19(4)5)26-17-22(28(7-2)8-3)16-20-12-10-9-11-13-20;/h9-13,19,21-22H,6-8,14-18H2,1-5H3,(H2,25,26,27);1H. The Hall–Kier alpha value is -1.35. The second-order valence-corrected chi connectivity index (χ2v) is 8.35. The van der Waals surface area contributed by atoms with Crippen molar-refractivity contribution in [1.29, 1.82) is 0 Å². The van der Waals surface area contributed by atoms with Gasteiger partial charge in [-0.05, 0) is 38.4 Å². The van der Waals surface area contributed by atoms with Crippen LogP contribution in [-0.2, 0) is 11.2 Å². The number of nitrogens with one attached hydrogen (secondary N) is 2. The molecule has 1 amide bonds. The van der Waals surface area contributed by atoms with E-state index in [-0.39, 0.29) is 41.8 Å². The van der Waals surface area contributed by atoms with Crippen LogP contribution in [0.2, 0.25) is 0 Å². The van der Waals surface area contributed by atoms with E-state index in [1.54, 1.807) is 0 Å². The number of aliphatic imine (C=N–C) groups is 1. The summed E-state index contributed by atoms with van der Waals surface area (Å²) >= 11 is 0. The lowest BCUT2D eigenvalue weighted by Crippen LogP contribution is -2.46. The summed E-state index contributed by atoms with van der Waals surface area (Å²) in [5.41, 5.74) is 1.35. The van der Waals surface area contributed by atoms with Gasteiger partial charge < -0.3 is 15.5 Å². The molecular weight excluding hydrogens is 501 g/mol. The predicted molar refractivity (Wildman–Crippen MR) is 141 cm³/mol. The van der Waals surface area contributed by atoms with Crippen LogP contribution in [0.5, 0.6) is 0 Å². The van der Waals surface area contributed by atoms with E-state index in [9.17, 15) is 4.79 Å². The van der Waals surface area contributed by atoms with Crippen molar-refractivity contribution in [1.82, 2.24) is 20.4 Å². The first-order valence-corrected chi connectivity index (χ1v) is 11.6. The Morgan fingerprint density at radius 3 is 2.45 bits per heavy atom. The minimum Gasteiger partial charge on any atom is -0.357 e. The highest BCUT2D eigenvalue weighted by Gasteiger charge is 2.28. The van der Waals surface area contributed by atoms with Gasteiger partial charge in [-0.3, -0.25) is 14.7 Å². The van der Waals surface area contributed by atoms with Crippen molar-refractivity contribution in [3.8, 4) is 0 Å². The Morgan fingerprint density at radius 2 is 1.87 bits per heavy atom. The summed E-state index contributed by atoms with van der Waals surface area (Å²) in [5.74, 6) is 1.15. The van der Waals surface area contributed by atoms with Crippen LogP contribution in [0.3, 0.4) is 0 Å². The minimum absolute atomic E-state index is 0. The topological polar surface area (TPSA) is 60.0 Å². The third-order valence-electron chi connectivity index (χ3n) is 5.78. The zero-order chi connectivity index (χ0) is 21.9. The van der Waals surface area contributed by atoms with Gasteiger partial charge in [-0.2, -0.15) is 0 Å². The summed E-state index contributed by atoms with van der Waals surface area (Å²) in [6.45, 7) is 15.6. The van der Waals surface area contributed by atoms with Gasteiger partial charge in [0.2, 0.25) is 5.91 Å². The Kier molecular flexibility index (Phi) is 13.1. The summed E-state index contributed by atoms with van der Waals surface area (Å²) < 4.78 is 0. The van der Waals surface area contributed by atoms with Gasteiger partial charge in [-0.15, -0.1) is 24.0 Å². The molecule has 2 unspecified atom stereocenters. The summed E-state index contributed by atoms with van der Waals surface area (Å²) in [5, 5.41) is 6.95. The molecular formula is C24H42IN5O. The van der Waals surface area contributed by atoms with Crippen molar-refractivity contribution in [3.05, 3.63) is 35.9 Å². The average molecular weight is 544 g/mol. The highest BCUT2D eigenvalue weighted by atomic mass is 127. The van der Waals surface area contributed by atoms with Crippen LogP contribution in [-0.4, -0.2) is 73.0 Å². The number of benzene rings is 1. The fourth-order valence-corrected chi connectivity index (χ4v) is 4.09. The molecule has 0 bridgehead atoms. The number of halogens is 1. The van der Waals surface area contributed by atoms with E-state index < -0.39 is 0 Å². The molecule has 1 aliphatic rings. The molecule has 6 nitrogen and oxygen atoms in total. The number of likely N-dealkylation sites (N-methyl/N-ethyl adjacent to an activating group) is 1. The van der Waals surface area contributed by atoms with Crippen molar-refractivity contribution in [2.24, 2.45) is 10.9 Å². The first-order valence-electron chi connectivity index (χ1n) is 11.6. The molecule has 1 aromatic carbocycles. The van der Waals surface area contributed by atoms with Crippen LogP contribution >= 0.6 is 24.0 Å². The number of carbonyl (C=O) groups is 1. The molecule has 1 heterocycles. The Bertz CT molecular complexity index is 663. The minimum atomic E-state index is 0. The molecule has 7 heteroatoms. The lowest BCUT2D eigenvalue weighted by atomic mass is 10.0. The van der Waals surface area contributed by atoms with E-state index in [2.05, 4.69) is 66.6 Å². The fraction of sp³-hybridized carbons (Fsp3) is 0.667. The molecule has 1 saturated heterocycles. The zero-order valence-corrected chi connectivity index (χ0v) is 22.3. The van der Waals surface area contributed by atoms with Gasteiger partial charge in [0.1, 0.15) is 0 Å². The Labute approximate surface area is 206 Å². The highest BCUT2D eigenvalue weighted by Crippen LogP contribution is 2.13. The molecule has 1 fully saturated rings. The summed E-state index contributed by atoms with van der Waals surface area (Å²) in [7, 11) is 0. The SMILES string of the molecule is CCNC(=NCC(Cc1ccccc1)N(CC)CC)NC1CCN(C(=O)C(C)C)C1.I. The number of rotatable bonds is 10. The van der Waals surface area contributed by atoms with Crippen LogP contribution in [0.25, 0.3) is 0 Å². The Morgan fingerprint density at radius 1 is 1.19 bits per heavy atom. The molecule has 0 saturated carbocycles. The maximum Gasteiger partial charge on any atom is 0.225 e. The number of hydrogen-bond donors (Lipinski definition) is 2. The first kappa shape index (κ1) is 27.7. The van der Waals surface area contributed by atoms with Crippen LogP contribution in [0, 0.1) is 5.92 Å². The number of hydrogen-bond acceptors (Lipinski definition) is 3. The molecule has 0 aromatic heterocycles. The normalized spacial score (nSPS) is 17.6. The number of nitrogens with zero attached hydrogens (tertiary/aromatic N) is 3. The number of likely N-dealkylation sites (tertiary alicyclic amines) is 1. The molecule has 0 radical (unpaired) electrons. The number of carbonyl (C=O) groups excluding carboxylic acids is 1. The van der Waals surface area contributed by atoms with E-state index in [1.165, 1.54) is 5.56 Å². The van der Waals surface area contributed by atoms with Gasteiger partial charge in [0.05, 0.1) is 6.54 Å². The fourth-order valence-electron chi connectivity index (χ4n) is 4.09. The largest absolute Gasteiger partial charge is 0.357 e. The van der Waals surface area contributed by atoms with Crippen LogP contribution < -0.4 is 10.6 Å². The van der Waals surface area contributed by atoms with E-state index in [1.807, 2.05) is 18.7 Å². The van der Waals surface area contributed by atoms with Gasteiger partial charge >= 0.3 is 0 Å². The number of guanidine groups is 1. The molecule has 0 aliphatic carbocycles. The van der Waals surface area contributed by atoms with E-state index in [4.69, 9.17) is 4.99 Å². The molecule has 0 spiro atoms. The van der Waals surface area contributed by atoms with Crippen LogP contribution in [0.1, 0.15) is 46.6 Å². The van der Waals surface area contributed by atoms with Crippen molar-refractivity contribution >= 4 is 35.8 Å². The smallest absolute Gasteiger partial charge is 0.225 e. The van der Waals surface area contributed by atoms with Gasteiger partial charge in [-0.25, -0.2) is 0 Å². The molecule has 1 aliphatic heterocycles. The maximum absolute atomic E-state index is 12.3. The maximum atomic E-state index is 12.3. The van der Waals surface area contributed by atoms with Gasteiger partial charge in [0.25, 0.3) is 0 Å². The first-order chi connectivity index (χ1) is 14.5. The summed E-state index contributed by atoms with van der Waals surface area (Å²) in [4.78, 5) is 21.7. The van der Waals surface area contributed by atoms with Crippen molar-refractivity contribution in [2.45, 2.75) is 59.5 Å². The van der Waals surface area contributed by atoms with Crippen molar-refractivity contribution < 1.29 is 4.79 Å². The van der Waals surface area contributed by atoms with Crippen molar-refractivity contribution in [3.63, 3.8) is 0 Å². The lowest BCUT2D eigenvalue weighted by molar-refractivity contribution is -0.133. The zero-order valence-electron chi connectivity index (χ0n) is 19.9. The molecule has 176 valence electrons. The summed E-state index contributed by atoms with van der Waals surface area (Å²) in [6, 6.07) is 11.3. The van der Waals surface area contributed by atoms with E-state index >= 15 is 0 Å². The van der Waals surface area contributed by atoms with Crippen LogP contribution in [0.15, 0.2) is 35.3 Å². The second kappa shape index (κ2) is 14.7. The highest BCUT2D eigenvalue weighted by molar-refractivity contribution is 14.0. The predicted octanol–water partition coefficient (Wildman–Crippen LogP) is 3.37. The van der Waals surface area contributed by atoms with Gasteiger partial charge in [0, 0.05) is 37.6 Å².